The minimum absolute atomic E-state index is 0.00438. The molecule has 130 valence electrons. The van der Waals surface area contributed by atoms with Crippen LogP contribution in [0.25, 0.3) is 0 Å². The van der Waals surface area contributed by atoms with E-state index < -0.39 is 6.04 Å². The predicted molar refractivity (Wildman–Crippen MR) is 90.1 cm³/mol. The normalized spacial score (nSPS) is 14.2. The van der Waals surface area contributed by atoms with E-state index in [1.807, 2.05) is 30.3 Å². The van der Waals surface area contributed by atoms with Crippen LogP contribution in [-0.2, 0) is 11.2 Å². The molecule has 0 saturated heterocycles. The SMILES string of the molecule is CC(C)(C)CC(CO)NC(=O)C(Cc1ccccc1)n1cnnn1. The Hall–Kier alpha value is -2.28. The Morgan fingerprint density at radius 3 is 2.54 bits per heavy atom. The largest absolute Gasteiger partial charge is 0.394 e. The third kappa shape index (κ3) is 5.42. The van der Waals surface area contributed by atoms with E-state index in [-0.39, 0.29) is 24.0 Å². The van der Waals surface area contributed by atoms with Gasteiger partial charge in [0.05, 0.1) is 12.6 Å². The maximum absolute atomic E-state index is 12.8. The molecule has 0 fully saturated rings. The molecule has 1 aromatic carbocycles. The number of carbonyl (C=O) groups is 1. The van der Waals surface area contributed by atoms with Crippen LogP contribution in [0.4, 0.5) is 0 Å². The second-order valence-electron chi connectivity index (χ2n) is 7.15. The molecule has 2 unspecified atom stereocenters. The summed E-state index contributed by atoms with van der Waals surface area (Å²) >= 11 is 0. The van der Waals surface area contributed by atoms with E-state index in [4.69, 9.17) is 0 Å². The fourth-order valence-corrected chi connectivity index (χ4v) is 2.65. The fraction of sp³-hybridized carbons (Fsp3) is 0.529. The van der Waals surface area contributed by atoms with Gasteiger partial charge in [0.2, 0.25) is 5.91 Å². The Kier molecular flexibility index (Phi) is 6.03. The molecule has 1 heterocycles. The van der Waals surface area contributed by atoms with Crippen molar-refractivity contribution in [2.75, 3.05) is 6.61 Å². The van der Waals surface area contributed by atoms with Gasteiger partial charge in [0.1, 0.15) is 12.4 Å². The van der Waals surface area contributed by atoms with Gasteiger partial charge in [0.15, 0.2) is 0 Å². The van der Waals surface area contributed by atoms with Gasteiger partial charge in [-0.3, -0.25) is 4.79 Å². The molecule has 0 aliphatic rings. The highest BCUT2D eigenvalue weighted by molar-refractivity contribution is 5.80. The first-order valence-corrected chi connectivity index (χ1v) is 8.06. The number of rotatable bonds is 7. The predicted octanol–water partition coefficient (Wildman–Crippen LogP) is 1.37. The first-order chi connectivity index (χ1) is 11.4. The summed E-state index contributed by atoms with van der Waals surface area (Å²) < 4.78 is 1.45. The number of aliphatic hydroxyl groups excluding tert-OH is 1. The van der Waals surface area contributed by atoms with Crippen LogP contribution in [0.15, 0.2) is 36.7 Å². The molecule has 0 saturated carbocycles. The maximum atomic E-state index is 12.8. The van der Waals surface area contributed by atoms with Crippen LogP contribution in [0, 0.1) is 5.41 Å². The molecule has 0 aliphatic heterocycles. The minimum atomic E-state index is -0.559. The van der Waals surface area contributed by atoms with E-state index in [1.165, 1.54) is 11.0 Å². The lowest BCUT2D eigenvalue weighted by atomic mass is 9.88. The number of aromatic nitrogens is 4. The molecular weight excluding hydrogens is 306 g/mol. The van der Waals surface area contributed by atoms with Crippen LogP contribution in [0.5, 0.6) is 0 Å². The lowest BCUT2D eigenvalue weighted by Crippen LogP contribution is -2.44. The van der Waals surface area contributed by atoms with Gasteiger partial charge < -0.3 is 10.4 Å². The molecule has 0 bridgehead atoms. The average Bonchev–Trinajstić information content (AvgIpc) is 3.05. The zero-order valence-electron chi connectivity index (χ0n) is 14.4. The molecule has 0 aliphatic carbocycles. The molecule has 2 atom stereocenters. The van der Waals surface area contributed by atoms with Gasteiger partial charge in [-0.05, 0) is 27.8 Å². The van der Waals surface area contributed by atoms with Gasteiger partial charge in [-0.2, -0.15) is 0 Å². The summed E-state index contributed by atoms with van der Waals surface area (Å²) in [5.41, 5.74) is 1.02. The molecule has 2 aromatic rings. The zero-order valence-corrected chi connectivity index (χ0v) is 14.4. The fourth-order valence-electron chi connectivity index (χ4n) is 2.65. The summed E-state index contributed by atoms with van der Waals surface area (Å²) in [7, 11) is 0. The molecule has 2 N–H and O–H groups in total. The van der Waals surface area contributed by atoms with Gasteiger partial charge in [0, 0.05) is 6.42 Å². The summed E-state index contributed by atoms with van der Waals surface area (Å²) in [5, 5.41) is 23.6. The van der Waals surface area contributed by atoms with Crippen molar-refractivity contribution in [1.82, 2.24) is 25.5 Å². The van der Waals surface area contributed by atoms with Crippen LogP contribution in [0.3, 0.4) is 0 Å². The summed E-state index contributed by atoms with van der Waals surface area (Å²) in [4.78, 5) is 12.8. The molecule has 0 spiro atoms. The highest BCUT2D eigenvalue weighted by Crippen LogP contribution is 2.21. The van der Waals surface area contributed by atoms with Crippen molar-refractivity contribution in [3.8, 4) is 0 Å². The van der Waals surface area contributed by atoms with E-state index in [1.54, 1.807) is 0 Å². The number of hydrogen-bond acceptors (Lipinski definition) is 5. The van der Waals surface area contributed by atoms with E-state index >= 15 is 0 Å². The van der Waals surface area contributed by atoms with Crippen molar-refractivity contribution in [1.29, 1.82) is 0 Å². The Balaban J connectivity index is 2.13. The Labute approximate surface area is 142 Å². The monoisotopic (exact) mass is 331 g/mol. The van der Waals surface area contributed by atoms with Crippen LogP contribution in [0.1, 0.15) is 38.8 Å². The molecule has 7 heteroatoms. The number of nitrogens with zero attached hydrogens (tertiary/aromatic N) is 4. The molecule has 1 amide bonds. The summed E-state index contributed by atoms with van der Waals surface area (Å²) in [5.74, 6) is -0.200. The highest BCUT2D eigenvalue weighted by atomic mass is 16.3. The van der Waals surface area contributed by atoms with E-state index in [0.29, 0.717) is 12.8 Å². The van der Waals surface area contributed by atoms with Crippen molar-refractivity contribution in [3.63, 3.8) is 0 Å². The molecule has 7 nitrogen and oxygen atoms in total. The van der Waals surface area contributed by atoms with E-state index in [9.17, 15) is 9.90 Å². The maximum Gasteiger partial charge on any atom is 0.245 e. The quantitative estimate of drug-likeness (QED) is 0.799. The molecule has 2 rings (SSSR count). The van der Waals surface area contributed by atoms with Crippen molar-refractivity contribution >= 4 is 5.91 Å². The van der Waals surface area contributed by atoms with E-state index in [2.05, 4.69) is 41.6 Å². The number of carbonyl (C=O) groups excluding carboxylic acids is 1. The number of amides is 1. The number of benzene rings is 1. The molecule has 24 heavy (non-hydrogen) atoms. The molecule has 1 aromatic heterocycles. The minimum Gasteiger partial charge on any atom is -0.394 e. The Bertz CT molecular complexity index is 622. The zero-order chi connectivity index (χ0) is 17.6. The van der Waals surface area contributed by atoms with Crippen LogP contribution in [-0.4, -0.2) is 43.9 Å². The van der Waals surface area contributed by atoms with Crippen LogP contribution < -0.4 is 5.32 Å². The van der Waals surface area contributed by atoms with Crippen molar-refractivity contribution < 1.29 is 9.90 Å². The number of aliphatic hydroxyl groups is 1. The average molecular weight is 331 g/mol. The third-order valence-electron chi connectivity index (χ3n) is 3.68. The number of hydrogen-bond donors (Lipinski definition) is 2. The van der Waals surface area contributed by atoms with Crippen LogP contribution >= 0.6 is 0 Å². The topological polar surface area (TPSA) is 92.9 Å². The second-order valence-corrected chi connectivity index (χ2v) is 7.15. The molecular formula is C17H25N5O2. The smallest absolute Gasteiger partial charge is 0.245 e. The van der Waals surface area contributed by atoms with Crippen LogP contribution in [0.2, 0.25) is 0 Å². The van der Waals surface area contributed by atoms with Gasteiger partial charge in [-0.1, -0.05) is 51.1 Å². The van der Waals surface area contributed by atoms with Crippen molar-refractivity contribution in [2.24, 2.45) is 5.41 Å². The highest BCUT2D eigenvalue weighted by Gasteiger charge is 2.26. The Morgan fingerprint density at radius 1 is 1.29 bits per heavy atom. The Morgan fingerprint density at radius 2 is 2.00 bits per heavy atom. The van der Waals surface area contributed by atoms with Crippen molar-refractivity contribution in [3.05, 3.63) is 42.2 Å². The van der Waals surface area contributed by atoms with E-state index in [0.717, 1.165) is 5.56 Å². The summed E-state index contributed by atoms with van der Waals surface area (Å²) in [6, 6.07) is 8.86. The van der Waals surface area contributed by atoms with Gasteiger partial charge in [-0.15, -0.1) is 5.10 Å². The standard InChI is InChI=1S/C17H25N5O2/c1-17(2,3)10-14(11-23)19-16(24)15(22-12-18-20-21-22)9-13-7-5-4-6-8-13/h4-8,12,14-15,23H,9-11H2,1-3H3,(H,19,24). The summed E-state index contributed by atoms with van der Waals surface area (Å²) in [6.07, 6.45) is 2.60. The number of nitrogens with one attached hydrogen (secondary N) is 1. The first-order valence-electron chi connectivity index (χ1n) is 8.06. The third-order valence-corrected chi connectivity index (χ3v) is 3.68. The van der Waals surface area contributed by atoms with Gasteiger partial charge in [0.25, 0.3) is 0 Å². The van der Waals surface area contributed by atoms with Gasteiger partial charge in [-0.25, -0.2) is 4.68 Å². The lowest BCUT2D eigenvalue weighted by molar-refractivity contribution is -0.125. The first kappa shape index (κ1) is 18.1. The van der Waals surface area contributed by atoms with Crippen molar-refractivity contribution in [2.45, 2.75) is 45.7 Å². The second kappa shape index (κ2) is 8.01. The lowest BCUT2D eigenvalue weighted by Gasteiger charge is -2.27. The van der Waals surface area contributed by atoms with Gasteiger partial charge >= 0.3 is 0 Å². The molecule has 0 radical (unpaired) electrons. The summed E-state index contributed by atoms with van der Waals surface area (Å²) in [6.45, 7) is 6.12. The number of tetrazole rings is 1.